The topological polar surface area (TPSA) is 51.0 Å². The van der Waals surface area contributed by atoms with Gasteiger partial charge in [0, 0.05) is 18.9 Å². The second-order valence-electron chi connectivity index (χ2n) is 7.37. The van der Waals surface area contributed by atoms with E-state index < -0.39 is 0 Å². The highest BCUT2D eigenvalue weighted by Gasteiger charge is 2.27. The Labute approximate surface area is 154 Å². The SMILES string of the molecule is CCOC(C)OC1CC(C)=C(CC(CCCO)N=C(C)CC)C(C)C1. The standard InChI is InChI=1S/C21H39NO3/c1-7-17(5)22-19(10-9-11-23)14-21-15(3)12-20(13-16(21)4)25-18(6)24-8-2/h15,18-20,23H,7-14H2,1-6H3. The van der Waals surface area contributed by atoms with Gasteiger partial charge in [0.1, 0.15) is 0 Å². The number of aliphatic imine (C=N–C) groups is 1. The van der Waals surface area contributed by atoms with Crippen molar-refractivity contribution < 1.29 is 14.6 Å². The monoisotopic (exact) mass is 353 g/mol. The molecule has 0 aromatic rings. The Morgan fingerprint density at radius 1 is 1.36 bits per heavy atom. The van der Waals surface area contributed by atoms with Crippen molar-refractivity contribution in [1.82, 2.24) is 0 Å². The molecule has 0 saturated heterocycles. The summed E-state index contributed by atoms with van der Waals surface area (Å²) in [5, 5.41) is 9.19. The summed E-state index contributed by atoms with van der Waals surface area (Å²) in [7, 11) is 0. The van der Waals surface area contributed by atoms with Gasteiger partial charge in [0.15, 0.2) is 6.29 Å². The van der Waals surface area contributed by atoms with Crippen molar-refractivity contribution in [3.8, 4) is 0 Å². The van der Waals surface area contributed by atoms with Crippen LogP contribution in [-0.2, 0) is 9.47 Å². The Morgan fingerprint density at radius 2 is 2.08 bits per heavy atom. The fourth-order valence-electron chi connectivity index (χ4n) is 3.73. The predicted octanol–water partition coefficient (Wildman–Crippen LogP) is 4.90. The molecule has 4 unspecified atom stereocenters. The molecule has 4 atom stereocenters. The van der Waals surface area contributed by atoms with Gasteiger partial charge in [0.05, 0.1) is 12.1 Å². The summed E-state index contributed by atoms with van der Waals surface area (Å²) in [6.45, 7) is 13.7. The van der Waals surface area contributed by atoms with Crippen molar-refractivity contribution in [2.24, 2.45) is 10.9 Å². The molecule has 0 amide bonds. The molecule has 0 saturated carbocycles. The van der Waals surface area contributed by atoms with E-state index in [0.29, 0.717) is 18.6 Å². The third-order valence-electron chi connectivity index (χ3n) is 5.14. The summed E-state index contributed by atoms with van der Waals surface area (Å²) in [5.74, 6) is 0.515. The smallest absolute Gasteiger partial charge is 0.155 e. The van der Waals surface area contributed by atoms with Crippen LogP contribution in [0.3, 0.4) is 0 Å². The number of hydrogen-bond donors (Lipinski definition) is 1. The summed E-state index contributed by atoms with van der Waals surface area (Å²) in [6.07, 6.45) is 5.94. The largest absolute Gasteiger partial charge is 0.396 e. The molecule has 1 aliphatic rings. The van der Waals surface area contributed by atoms with Crippen LogP contribution in [0.4, 0.5) is 0 Å². The van der Waals surface area contributed by atoms with Crippen LogP contribution in [0.1, 0.15) is 80.1 Å². The van der Waals surface area contributed by atoms with Crippen LogP contribution in [0, 0.1) is 5.92 Å². The van der Waals surface area contributed by atoms with Gasteiger partial charge in [-0.2, -0.15) is 0 Å². The summed E-state index contributed by atoms with van der Waals surface area (Å²) in [5.41, 5.74) is 4.20. The molecule has 0 aromatic heterocycles. The van der Waals surface area contributed by atoms with Gasteiger partial charge in [0.2, 0.25) is 0 Å². The Balaban J connectivity index is 2.77. The van der Waals surface area contributed by atoms with E-state index in [0.717, 1.165) is 38.5 Å². The Kier molecular flexibility index (Phi) is 10.6. The number of rotatable bonds is 11. The number of hydrogen-bond acceptors (Lipinski definition) is 4. The van der Waals surface area contributed by atoms with Gasteiger partial charge in [-0.25, -0.2) is 0 Å². The first-order valence-electron chi connectivity index (χ1n) is 10.0. The van der Waals surface area contributed by atoms with E-state index >= 15 is 0 Å². The molecule has 4 heteroatoms. The summed E-state index contributed by atoms with van der Waals surface area (Å²) in [6, 6.07) is 0.291. The lowest BCUT2D eigenvalue weighted by Crippen LogP contribution is -2.29. The van der Waals surface area contributed by atoms with Crippen LogP contribution in [0.5, 0.6) is 0 Å². The molecule has 1 N–H and O–H groups in total. The fraction of sp³-hybridized carbons (Fsp3) is 0.857. The minimum absolute atomic E-state index is 0.134. The van der Waals surface area contributed by atoms with E-state index in [4.69, 9.17) is 14.5 Å². The highest BCUT2D eigenvalue weighted by molar-refractivity contribution is 5.81. The minimum atomic E-state index is -0.134. The highest BCUT2D eigenvalue weighted by Crippen LogP contribution is 2.35. The third-order valence-corrected chi connectivity index (χ3v) is 5.14. The van der Waals surface area contributed by atoms with Gasteiger partial charge in [0.25, 0.3) is 0 Å². The van der Waals surface area contributed by atoms with E-state index in [-0.39, 0.29) is 19.0 Å². The molecule has 4 nitrogen and oxygen atoms in total. The van der Waals surface area contributed by atoms with Crippen molar-refractivity contribution in [3.63, 3.8) is 0 Å². The zero-order valence-corrected chi connectivity index (χ0v) is 17.2. The van der Waals surface area contributed by atoms with E-state index in [9.17, 15) is 5.11 Å². The van der Waals surface area contributed by atoms with Crippen molar-refractivity contribution in [2.45, 2.75) is 98.5 Å². The van der Waals surface area contributed by atoms with E-state index in [2.05, 4.69) is 27.7 Å². The zero-order valence-electron chi connectivity index (χ0n) is 17.2. The second-order valence-corrected chi connectivity index (χ2v) is 7.37. The third kappa shape index (κ3) is 8.02. The van der Waals surface area contributed by atoms with Crippen LogP contribution >= 0.6 is 0 Å². The predicted molar refractivity (Wildman–Crippen MR) is 105 cm³/mol. The lowest BCUT2D eigenvalue weighted by Gasteiger charge is -2.33. The molecule has 146 valence electrons. The molecular weight excluding hydrogens is 314 g/mol. The molecule has 1 rings (SSSR count). The molecule has 0 aliphatic heterocycles. The Morgan fingerprint density at radius 3 is 2.64 bits per heavy atom. The molecule has 0 aromatic carbocycles. The van der Waals surface area contributed by atoms with E-state index in [1.807, 2.05) is 13.8 Å². The zero-order chi connectivity index (χ0) is 18.8. The maximum Gasteiger partial charge on any atom is 0.155 e. The van der Waals surface area contributed by atoms with Gasteiger partial charge in [-0.1, -0.05) is 25.0 Å². The van der Waals surface area contributed by atoms with Gasteiger partial charge >= 0.3 is 0 Å². The van der Waals surface area contributed by atoms with Crippen molar-refractivity contribution in [2.75, 3.05) is 13.2 Å². The molecule has 0 heterocycles. The molecule has 1 aliphatic carbocycles. The quantitative estimate of drug-likeness (QED) is 0.326. The van der Waals surface area contributed by atoms with Crippen LogP contribution in [0.15, 0.2) is 16.1 Å². The van der Waals surface area contributed by atoms with Crippen molar-refractivity contribution in [3.05, 3.63) is 11.1 Å². The number of aliphatic hydroxyl groups is 1. The van der Waals surface area contributed by atoms with Gasteiger partial charge in [-0.05, 0) is 72.1 Å². The molecule has 0 fully saturated rings. The summed E-state index contributed by atoms with van der Waals surface area (Å²) in [4.78, 5) is 4.91. The van der Waals surface area contributed by atoms with Crippen molar-refractivity contribution in [1.29, 1.82) is 0 Å². The first kappa shape index (κ1) is 22.3. The summed E-state index contributed by atoms with van der Waals surface area (Å²) < 4.78 is 11.6. The van der Waals surface area contributed by atoms with Crippen molar-refractivity contribution >= 4 is 5.71 Å². The molecule has 0 spiro atoms. The summed E-state index contributed by atoms with van der Waals surface area (Å²) >= 11 is 0. The van der Waals surface area contributed by atoms with Gasteiger partial charge < -0.3 is 14.6 Å². The van der Waals surface area contributed by atoms with Crippen LogP contribution in [0.2, 0.25) is 0 Å². The molecular formula is C21H39NO3. The molecule has 0 bridgehead atoms. The molecule has 0 radical (unpaired) electrons. The lowest BCUT2D eigenvalue weighted by molar-refractivity contribution is -0.161. The highest BCUT2D eigenvalue weighted by atomic mass is 16.7. The first-order chi connectivity index (χ1) is 11.9. The second kappa shape index (κ2) is 11.8. The fourth-order valence-corrected chi connectivity index (χ4v) is 3.73. The maximum absolute atomic E-state index is 9.19. The number of nitrogens with zero attached hydrogens (tertiary/aromatic N) is 1. The van der Waals surface area contributed by atoms with E-state index in [1.165, 1.54) is 11.3 Å². The van der Waals surface area contributed by atoms with Crippen LogP contribution in [-0.4, -0.2) is 42.5 Å². The number of aliphatic hydroxyl groups excluding tert-OH is 1. The average molecular weight is 354 g/mol. The first-order valence-corrected chi connectivity index (χ1v) is 10.0. The van der Waals surface area contributed by atoms with Gasteiger partial charge in [-0.3, -0.25) is 4.99 Å². The minimum Gasteiger partial charge on any atom is -0.396 e. The van der Waals surface area contributed by atoms with Gasteiger partial charge in [-0.15, -0.1) is 0 Å². The normalized spacial score (nSPS) is 24.5. The Bertz CT molecular complexity index is 444. The number of ether oxygens (including phenoxy) is 2. The average Bonchev–Trinajstić information content (AvgIpc) is 2.55. The lowest BCUT2D eigenvalue weighted by atomic mass is 9.79. The van der Waals surface area contributed by atoms with E-state index in [1.54, 1.807) is 5.57 Å². The maximum atomic E-state index is 9.19. The van der Waals surface area contributed by atoms with Crippen LogP contribution in [0.25, 0.3) is 0 Å². The molecule has 25 heavy (non-hydrogen) atoms. The van der Waals surface area contributed by atoms with Crippen LogP contribution < -0.4 is 0 Å². The Hall–Kier alpha value is -0.710.